The molecule has 19 heteroatoms. The predicted molar refractivity (Wildman–Crippen MR) is 206 cm³/mol. The number of aliphatic imine (C=N–C) groups is 2. The number of aryl methyl sites for hydroxylation is 1. The SMILES string of the molecule is CCOC(=O)c1nn(-c2ccccc2Cl)c(O)c1C=Nc1cc(S(=O)(=O)O)ccc1O.CCc1nn(-c2ccccc2Cl)c(O)c1C=Nc1ccccc1O.[Co]. The van der Waals surface area contributed by atoms with Gasteiger partial charge in [-0.1, -0.05) is 66.5 Å². The number of nitrogens with zero attached hydrogens (tertiary/aromatic N) is 6. The molecule has 0 aliphatic carbocycles. The van der Waals surface area contributed by atoms with Crippen molar-refractivity contribution in [1.29, 1.82) is 0 Å². The number of halogens is 2. The molecule has 0 fully saturated rings. The second-order valence-corrected chi connectivity index (χ2v) is 13.4. The molecule has 0 atom stereocenters. The van der Waals surface area contributed by atoms with Crippen LogP contribution in [0.3, 0.4) is 0 Å². The number of phenolic OH excluding ortho intramolecular Hbond substituents is 2. The number of ether oxygens (including phenoxy) is 1. The Kier molecular flexibility index (Phi) is 14.4. The van der Waals surface area contributed by atoms with Gasteiger partial charge in [-0.15, -0.1) is 0 Å². The molecule has 5 N–H and O–H groups in total. The van der Waals surface area contributed by atoms with Gasteiger partial charge in [0.15, 0.2) is 5.69 Å². The van der Waals surface area contributed by atoms with Gasteiger partial charge in [0.25, 0.3) is 10.1 Å². The molecule has 4 aromatic carbocycles. The van der Waals surface area contributed by atoms with Gasteiger partial charge in [0, 0.05) is 29.2 Å². The Morgan fingerprint density at radius 2 is 1.27 bits per heavy atom. The number of carbonyl (C=O) groups is 1. The molecule has 0 bridgehead atoms. The van der Waals surface area contributed by atoms with Gasteiger partial charge in [0.1, 0.15) is 22.9 Å². The Labute approximate surface area is 340 Å². The summed E-state index contributed by atoms with van der Waals surface area (Å²) in [6.45, 7) is 3.58. The third-order valence-corrected chi connectivity index (χ3v) is 9.12. The van der Waals surface area contributed by atoms with Gasteiger partial charge in [-0.05, 0) is 67.9 Å². The fourth-order valence-electron chi connectivity index (χ4n) is 4.94. The van der Waals surface area contributed by atoms with Gasteiger partial charge < -0.3 is 25.2 Å². The number of rotatable bonds is 10. The molecule has 0 saturated heterocycles. The number of hydrogen-bond donors (Lipinski definition) is 5. The number of hydrogen-bond acceptors (Lipinski definition) is 12. The van der Waals surface area contributed by atoms with E-state index >= 15 is 0 Å². The van der Waals surface area contributed by atoms with Crippen LogP contribution in [0.15, 0.2) is 106 Å². The minimum atomic E-state index is -4.54. The molecule has 2 aromatic heterocycles. The smallest absolute Gasteiger partial charge is 0.359 e. The molecule has 0 aliphatic heterocycles. The molecule has 293 valence electrons. The maximum absolute atomic E-state index is 12.3. The quantitative estimate of drug-likeness (QED) is 0.0520. The van der Waals surface area contributed by atoms with Crippen molar-refractivity contribution in [3.8, 4) is 34.6 Å². The van der Waals surface area contributed by atoms with Crippen molar-refractivity contribution in [2.24, 2.45) is 9.98 Å². The van der Waals surface area contributed by atoms with E-state index in [4.69, 9.17) is 27.9 Å². The van der Waals surface area contributed by atoms with Crippen molar-refractivity contribution in [2.75, 3.05) is 6.61 Å². The Hall–Kier alpha value is -5.69. The maximum atomic E-state index is 12.3. The number of phenols is 2. The number of esters is 1. The van der Waals surface area contributed by atoms with Gasteiger partial charge in [0.2, 0.25) is 11.8 Å². The van der Waals surface area contributed by atoms with Gasteiger partial charge in [0.05, 0.1) is 49.7 Å². The molecule has 1 radical (unpaired) electrons. The molecule has 0 spiro atoms. The summed E-state index contributed by atoms with van der Waals surface area (Å²) in [6.07, 6.45) is 3.13. The van der Waals surface area contributed by atoms with Crippen LogP contribution < -0.4 is 0 Å². The molecule has 0 aliphatic rings. The van der Waals surface area contributed by atoms with E-state index in [0.717, 1.165) is 29.1 Å². The molecule has 6 aromatic rings. The van der Waals surface area contributed by atoms with Gasteiger partial charge in [-0.25, -0.2) is 4.79 Å². The second-order valence-electron chi connectivity index (χ2n) is 11.2. The average molecular weight is 867 g/mol. The second kappa shape index (κ2) is 18.8. The first-order valence-corrected chi connectivity index (χ1v) is 18.4. The summed E-state index contributed by atoms with van der Waals surface area (Å²) in [4.78, 5) is 20.0. The van der Waals surface area contributed by atoms with E-state index in [9.17, 15) is 38.2 Å². The first-order chi connectivity index (χ1) is 26.2. The molecule has 0 saturated carbocycles. The number of aromatic nitrogens is 4. The van der Waals surface area contributed by atoms with Gasteiger partial charge in [-0.3, -0.25) is 14.5 Å². The van der Waals surface area contributed by atoms with Crippen LogP contribution in [-0.4, -0.2) is 78.0 Å². The molecule has 56 heavy (non-hydrogen) atoms. The molecule has 0 unspecified atom stereocenters. The standard InChI is InChI=1S/C19H16ClN3O7S.C18H16ClN3O2.Co/c1-2-30-19(26)17-12(18(25)23(22-17)15-6-4-3-5-13(15)20)10-21-14-9-11(31(27,28)29)7-8-16(14)24;1-2-14-12(11-20-15-8-4-6-10-17(15)23)18(24)22(21-14)16-9-5-3-7-13(16)19;/h3-10,24-25H,2H2,1H3,(H,27,28,29);3-11,23-24H,2H2,1H3;. The van der Waals surface area contributed by atoms with Crippen molar-refractivity contribution in [2.45, 2.75) is 25.2 Å². The molecular weight excluding hydrogens is 834 g/mol. The van der Waals surface area contributed by atoms with Crippen LogP contribution in [0.25, 0.3) is 11.4 Å². The van der Waals surface area contributed by atoms with E-state index < -0.39 is 32.6 Å². The molecule has 0 amide bonds. The minimum Gasteiger partial charge on any atom is -0.506 e. The Bertz CT molecular complexity index is 2540. The molecule has 2 heterocycles. The Morgan fingerprint density at radius 1 is 0.750 bits per heavy atom. The van der Waals surface area contributed by atoms with E-state index in [1.165, 1.54) is 10.9 Å². The van der Waals surface area contributed by atoms with Crippen molar-refractivity contribution in [3.63, 3.8) is 0 Å². The largest absolute Gasteiger partial charge is 0.506 e. The number of para-hydroxylation sites is 4. The van der Waals surface area contributed by atoms with Crippen molar-refractivity contribution < 1.29 is 59.7 Å². The monoisotopic (exact) mass is 865 g/mol. The maximum Gasteiger partial charge on any atom is 0.359 e. The van der Waals surface area contributed by atoms with Crippen molar-refractivity contribution in [3.05, 3.63) is 124 Å². The normalized spacial score (nSPS) is 11.3. The summed E-state index contributed by atoms with van der Waals surface area (Å²) >= 11 is 12.3. The van der Waals surface area contributed by atoms with E-state index in [0.29, 0.717) is 34.1 Å². The predicted octanol–water partition coefficient (Wildman–Crippen LogP) is 7.36. The van der Waals surface area contributed by atoms with E-state index in [2.05, 4.69) is 20.2 Å². The van der Waals surface area contributed by atoms with Crippen LogP contribution in [0.5, 0.6) is 23.3 Å². The van der Waals surface area contributed by atoms with Crippen molar-refractivity contribution in [1.82, 2.24) is 19.6 Å². The van der Waals surface area contributed by atoms with Crippen LogP contribution in [-0.2, 0) is 38.1 Å². The molecule has 15 nitrogen and oxygen atoms in total. The van der Waals surface area contributed by atoms with Crippen LogP contribution in [0.4, 0.5) is 11.4 Å². The fraction of sp³-hybridized carbons (Fsp3) is 0.108. The minimum absolute atomic E-state index is 0. The summed E-state index contributed by atoms with van der Waals surface area (Å²) in [5.74, 6) is -1.71. The van der Waals surface area contributed by atoms with Crippen LogP contribution >= 0.6 is 23.2 Å². The Balaban J connectivity index is 0.000000252. The first-order valence-electron chi connectivity index (χ1n) is 16.2. The van der Waals surface area contributed by atoms with Crippen molar-refractivity contribution >= 4 is 63.1 Å². The summed E-state index contributed by atoms with van der Waals surface area (Å²) < 4.78 is 39.2. The molecule has 6 rings (SSSR count). The zero-order chi connectivity index (χ0) is 39.9. The summed E-state index contributed by atoms with van der Waals surface area (Å²) in [6, 6.07) is 23.3. The fourth-order valence-corrected chi connectivity index (χ4v) is 5.87. The first kappa shape index (κ1) is 43.0. The van der Waals surface area contributed by atoms with Crippen LogP contribution in [0, 0.1) is 0 Å². The zero-order valence-corrected chi connectivity index (χ0v) is 32.6. The molecular formula is C37H32Cl2CoN6O9S. The van der Waals surface area contributed by atoms with E-state index in [-0.39, 0.29) is 62.7 Å². The van der Waals surface area contributed by atoms with Crippen LogP contribution in [0.2, 0.25) is 10.0 Å². The summed E-state index contributed by atoms with van der Waals surface area (Å²) in [7, 11) is -4.54. The van der Waals surface area contributed by atoms with Gasteiger partial charge >= 0.3 is 5.97 Å². The van der Waals surface area contributed by atoms with E-state index in [1.54, 1.807) is 67.6 Å². The third kappa shape index (κ3) is 9.75. The van der Waals surface area contributed by atoms with Gasteiger partial charge in [-0.2, -0.15) is 28.0 Å². The number of aromatic hydroxyl groups is 4. The average Bonchev–Trinajstić information content (AvgIpc) is 3.66. The van der Waals surface area contributed by atoms with Crippen LogP contribution in [0.1, 0.15) is 41.2 Å². The summed E-state index contributed by atoms with van der Waals surface area (Å²) in [5, 5.41) is 50.2. The third-order valence-electron chi connectivity index (χ3n) is 7.63. The summed E-state index contributed by atoms with van der Waals surface area (Å²) in [5.41, 5.74) is 1.80. The van der Waals surface area contributed by atoms with E-state index in [1.807, 2.05) is 19.1 Å². The Morgan fingerprint density at radius 3 is 1.84 bits per heavy atom. The number of benzene rings is 4. The zero-order valence-electron chi connectivity index (χ0n) is 29.3. The number of carbonyl (C=O) groups excluding carboxylic acids is 1. The topological polar surface area (TPSA) is 222 Å².